The van der Waals surface area contributed by atoms with Crippen LogP contribution in [0.2, 0.25) is 0 Å². The summed E-state index contributed by atoms with van der Waals surface area (Å²) < 4.78 is 4.01. The van der Waals surface area contributed by atoms with Gasteiger partial charge in [0.25, 0.3) is 0 Å². The molecule has 0 aliphatic rings. The molecule has 0 unspecified atom stereocenters. The zero-order valence-corrected chi connectivity index (χ0v) is 13.6. The summed E-state index contributed by atoms with van der Waals surface area (Å²) in [7, 11) is 2.07. The molecule has 0 amide bonds. The molecule has 0 aliphatic carbocycles. The largest absolute Gasteiger partial charge is 0.322 e. The molecule has 4 rings (SSSR count). The number of benzene rings is 2. The fourth-order valence-corrected chi connectivity index (χ4v) is 3.51. The van der Waals surface area contributed by atoms with Gasteiger partial charge in [0.15, 0.2) is 5.16 Å². The van der Waals surface area contributed by atoms with E-state index in [0.717, 1.165) is 22.1 Å². The highest BCUT2D eigenvalue weighted by Gasteiger charge is 2.07. The maximum atomic E-state index is 4.70. The Morgan fingerprint density at radius 2 is 1.83 bits per heavy atom. The van der Waals surface area contributed by atoms with Gasteiger partial charge in [-0.2, -0.15) is 5.10 Å². The first-order valence-corrected chi connectivity index (χ1v) is 8.43. The number of imidazole rings is 1. The molecular formula is C18H16N4S. The second-order valence-corrected chi connectivity index (χ2v) is 6.29. The second-order valence-electron chi connectivity index (χ2n) is 5.35. The lowest BCUT2D eigenvalue weighted by Crippen LogP contribution is -1.94. The maximum absolute atomic E-state index is 4.70. The van der Waals surface area contributed by atoms with E-state index in [1.54, 1.807) is 18.0 Å². The van der Waals surface area contributed by atoms with Crippen molar-refractivity contribution in [3.8, 4) is 5.69 Å². The monoisotopic (exact) mass is 320 g/mol. The van der Waals surface area contributed by atoms with Crippen LogP contribution in [0.3, 0.4) is 0 Å². The summed E-state index contributed by atoms with van der Waals surface area (Å²) in [5.41, 5.74) is 4.57. The van der Waals surface area contributed by atoms with Gasteiger partial charge in [-0.15, -0.1) is 0 Å². The van der Waals surface area contributed by atoms with Crippen molar-refractivity contribution in [2.24, 2.45) is 7.05 Å². The Hall–Kier alpha value is -2.53. The van der Waals surface area contributed by atoms with Crippen LogP contribution >= 0.6 is 11.8 Å². The summed E-state index contributed by atoms with van der Waals surface area (Å²) in [5.74, 6) is 0.899. The fraction of sp³-hybridized carbons (Fsp3) is 0.111. The van der Waals surface area contributed by atoms with Gasteiger partial charge in [0.05, 0.1) is 16.7 Å². The van der Waals surface area contributed by atoms with E-state index >= 15 is 0 Å². The minimum atomic E-state index is 0.899. The van der Waals surface area contributed by atoms with Crippen LogP contribution in [0, 0.1) is 0 Å². The number of fused-ring (bicyclic) bond motifs is 1. The van der Waals surface area contributed by atoms with E-state index in [2.05, 4.69) is 53.1 Å². The zero-order chi connectivity index (χ0) is 15.6. The number of rotatable bonds is 4. The summed E-state index contributed by atoms with van der Waals surface area (Å²) in [6.45, 7) is 0. The second kappa shape index (κ2) is 5.93. The van der Waals surface area contributed by atoms with Gasteiger partial charge in [-0.05, 0) is 35.9 Å². The normalized spacial score (nSPS) is 11.2. The number of para-hydroxylation sites is 2. The predicted molar refractivity (Wildman–Crippen MR) is 93.8 cm³/mol. The van der Waals surface area contributed by atoms with Crippen molar-refractivity contribution < 1.29 is 0 Å². The Kier molecular flexibility index (Phi) is 3.63. The van der Waals surface area contributed by atoms with E-state index < -0.39 is 0 Å². The molecule has 23 heavy (non-hydrogen) atoms. The number of hydrogen-bond acceptors (Lipinski definition) is 3. The molecule has 0 fully saturated rings. The Balaban J connectivity index is 1.51. The topological polar surface area (TPSA) is 35.6 Å². The molecule has 0 spiro atoms. The smallest absolute Gasteiger partial charge is 0.169 e. The summed E-state index contributed by atoms with van der Waals surface area (Å²) >= 11 is 1.76. The third-order valence-corrected chi connectivity index (χ3v) is 4.92. The van der Waals surface area contributed by atoms with Crippen molar-refractivity contribution in [2.75, 3.05) is 0 Å². The molecule has 0 bridgehead atoms. The highest BCUT2D eigenvalue weighted by Crippen LogP contribution is 2.25. The number of hydrogen-bond donors (Lipinski definition) is 0. The highest BCUT2D eigenvalue weighted by molar-refractivity contribution is 7.98. The molecule has 0 atom stereocenters. The molecule has 0 aliphatic heterocycles. The molecule has 2 heterocycles. The van der Waals surface area contributed by atoms with Crippen molar-refractivity contribution in [2.45, 2.75) is 10.9 Å². The Labute approximate surface area is 138 Å². The van der Waals surface area contributed by atoms with Gasteiger partial charge in [-0.1, -0.05) is 36.0 Å². The SMILES string of the molecule is Cn1c(SCc2ccc(-n3cccn3)cc2)nc2ccccc21. The van der Waals surface area contributed by atoms with Gasteiger partial charge >= 0.3 is 0 Å². The molecule has 0 radical (unpaired) electrons. The van der Waals surface area contributed by atoms with Crippen LogP contribution in [-0.4, -0.2) is 19.3 Å². The van der Waals surface area contributed by atoms with Gasteiger partial charge in [0.1, 0.15) is 0 Å². The van der Waals surface area contributed by atoms with Crippen LogP contribution in [0.15, 0.2) is 72.1 Å². The summed E-state index contributed by atoms with van der Waals surface area (Å²) in [5, 5.41) is 5.29. The molecule has 114 valence electrons. The summed E-state index contributed by atoms with van der Waals surface area (Å²) in [4.78, 5) is 4.70. The van der Waals surface area contributed by atoms with E-state index in [1.165, 1.54) is 11.1 Å². The number of nitrogens with zero attached hydrogens (tertiary/aromatic N) is 4. The molecular weight excluding hydrogens is 304 g/mol. The van der Waals surface area contributed by atoms with Gasteiger partial charge in [-0.25, -0.2) is 9.67 Å². The maximum Gasteiger partial charge on any atom is 0.169 e. The molecule has 5 heteroatoms. The van der Waals surface area contributed by atoms with Gasteiger partial charge in [0, 0.05) is 25.2 Å². The standard InChI is InChI=1S/C18H16N4S/c1-21-17-6-3-2-5-16(17)20-18(21)23-13-14-7-9-15(10-8-14)22-12-4-11-19-22/h2-12H,13H2,1H3. The minimum absolute atomic E-state index is 0.899. The van der Waals surface area contributed by atoms with Gasteiger partial charge in [-0.3, -0.25) is 0 Å². The molecule has 2 aromatic heterocycles. The quantitative estimate of drug-likeness (QED) is 0.532. The van der Waals surface area contributed by atoms with Crippen molar-refractivity contribution in [1.29, 1.82) is 0 Å². The fourth-order valence-electron chi connectivity index (χ4n) is 2.57. The lowest BCUT2D eigenvalue weighted by molar-refractivity contribution is 0.815. The molecule has 0 N–H and O–H groups in total. The minimum Gasteiger partial charge on any atom is -0.322 e. The first kappa shape index (κ1) is 14.1. The van der Waals surface area contributed by atoms with Crippen LogP contribution in [0.4, 0.5) is 0 Å². The van der Waals surface area contributed by atoms with Crippen LogP contribution in [-0.2, 0) is 12.8 Å². The summed E-state index contributed by atoms with van der Waals surface area (Å²) in [6.07, 6.45) is 3.73. The lowest BCUT2D eigenvalue weighted by Gasteiger charge is -2.05. The van der Waals surface area contributed by atoms with Gasteiger partial charge < -0.3 is 4.57 Å². The van der Waals surface area contributed by atoms with E-state index in [9.17, 15) is 0 Å². The van der Waals surface area contributed by atoms with Crippen molar-refractivity contribution in [1.82, 2.24) is 19.3 Å². The van der Waals surface area contributed by atoms with Crippen molar-refractivity contribution >= 4 is 22.8 Å². The van der Waals surface area contributed by atoms with Crippen LogP contribution in [0.5, 0.6) is 0 Å². The Morgan fingerprint density at radius 3 is 2.57 bits per heavy atom. The molecule has 4 nitrogen and oxygen atoms in total. The third kappa shape index (κ3) is 2.75. The average Bonchev–Trinajstić information content (AvgIpc) is 3.23. The van der Waals surface area contributed by atoms with Crippen LogP contribution < -0.4 is 0 Å². The lowest BCUT2D eigenvalue weighted by atomic mass is 10.2. The predicted octanol–water partition coefficient (Wildman–Crippen LogP) is 4.05. The highest BCUT2D eigenvalue weighted by atomic mass is 32.2. The van der Waals surface area contributed by atoms with Crippen LogP contribution in [0.1, 0.15) is 5.56 Å². The zero-order valence-electron chi connectivity index (χ0n) is 12.8. The number of aryl methyl sites for hydroxylation is 1. The van der Waals surface area contributed by atoms with Crippen molar-refractivity contribution in [3.63, 3.8) is 0 Å². The van der Waals surface area contributed by atoms with Gasteiger partial charge in [0.2, 0.25) is 0 Å². The first-order valence-electron chi connectivity index (χ1n) is 7.44. The van der Waals surface area contributed by atoms with E-state index in [-0.39, 0.29) is 0 Å². The molecule has 0 saturated heterocycles. The molecule has 0 saturated carbocycles. The van der Waals surface area contributed by atoms with Crippen LogP contribution in [0.25, 0.3) is 16.7 Å². The number of aromatic nitrogens is 4. The Morgan fingerprint density at radius 1 is 1.00 bits per heavy atom. The molecule has 2 aromatic carbocycles. The van der Waals surface area contributed by atoms with E-state index in [4.69, 9.17) is 4.98 Å². The Bertz CT molecular complexity index is 923. The van der Waals surface area contributed by atoms with E-state index in [0.29, 0.717) is 0 Å². The van der Waals surface area contributed by atoms with E-state index in [1.807, 2.05) is 29.1 Å². The third-order valence-electron chi connectivity index (χ3n) is 3.82. The average molecular weight is 320 g/mol. The number of thioether (sulfide) groups is 1. The molecule has 4 aromatic rings. The van der Waals surface area contributed by atoms with Crippen molar-refractivity contribution in [3.05, 3.63) is 72.6 Å². The first-order chi connectivity index (χ1) is 11.3. The summed E-state index contributed by atoms with van der Waals surface area (Å²) in [6, 6.07) is 18.6.